The molecule has 0 atom stereocenters. The van der Waals surface area contributed by atoms with Gasteiger partial charge in [-0.3, -0.25) is 4.79 Å². The fourth-order valence-corrected chi connectivity index (χ4v) is 3.47. The minimum atomic E-state index is 0.0691. The fourth-order valence-electron chi connectivity index (χ4n) is 3.07. The Bertz CT molecular complexity index is 1130. The van der Waals surface area contributed by atoms with E-state index < -0.39 is 0 Å². The van der Waals surface area contributed by atoms with Crippen molar-refractivity contribution >= 4 is 21.7 Å². The van der Waals surface area contributed by atoms with Crippen LogP contribution < -0.4 is 0 Å². The predicted octanol–water partition coefficient (Wildman–Crippen LogP) is 5.43. The minimum absolute atomic E-state index is 0.0691. The monoisotopic (exact) mass is 431 g/mol. The molecule has 0 spiro atoms. The number of carbonyl (C=O) groups is 1. The summed E-state index contributed by atoms with van der Waals surface area (Å²) in [6.07, 6.45) is 2.21. The van der Waals surface area contributed by atoms with Gasteiger partial charge in [-0.25, -0.2) is 4.68 Å². The lowest BCUT2D eigenvalue weighted by molar-refractivity contribution is 0.0993. The van der Waals surface area contributed by atoms with E-state index in [4.69, 9.17) is 0 Å². The third kappa shape index (κ3) is 3.94. The summed E-state index contributed by atoms with van der Waals surface area (Å²) in [6.45, 7) is 2.05. The molecular formula is C23H18BrN3O. The van der Waals surface area contributed by atoms with Gasteiger partial charge in [-0.2, -0.15) is 0 Å². The molecule has 4 aromatic rings. The molecule has 0 bridgehead atoms. The highest BCUT2D eigenvalue weighted by atomic mass is 79.9. The molecule has 4 rings (SSSR count). The SMILES string of the molecule is Cc1ccc(-n2cc(-c3ccccc3CC(=O)c3cccc(Br)c3)nn2)cc1. The summed E-state index contributed by atoms with van der Waals surface area (Å²) >= 11 is 3.42. The largest absolute Gasteiger partial charge is 0.294 e. The van der Waals surface area contributed by atoms with Crippen molar-refractivity contribution in [3.05, 3.63) is 100 Å². The summed E-state index contributed by atoms with van der Waals surface area (Å²) in [7, 11) is 0. The number of benzene rings is 3. The second kappa shape index (κ2) is 7.90. The van der Waals surface area contributed by atoms with E-state index in [0.717, 1.165) is 27.0 Å². The van der Waals surface area contributed by atoms with Crippen molar-refractivity contribution in [1.29, 1.82) is 0 Å². The van der Waals surface area contributed by atoms with Crippen LogP contribution >= 0.6 is 15.9 Å². The zero-order chi connectivity index (χ0) is 19.5. The van der Waals surface area contributed by atoms with Crippen LogP contribution in [0.1, 0.15) is 21.5 Å². The summed E-state index contributed by atoms with van der Waals surface area (Å²) in [5, 5.41) is 8.59. The summed E-state index contributed by atoms with van der Waals surface area (Å²) < 4.78 is 2.65. The average Bonchev–Trinajstić information content (AvgIpc) is 3.19. The second-order valence-corrected chi connectivity index (χ2v) is 7.57. The average molecular weight is 432 g/mol. The molecule has 0 aliphatic heterocycles. The molecule has 0 aliphatic carbocycles. The number of carbonyl (C=O) groups excluding carboxylic acids is 1. The van der Waals surface area contributed by atoms with Crippen LogP contribution in [0.15, 0.2) is 83.5 Å². The highest BCUT2D eigenvalue weighted by Crippen LogP contribution is 2.24. The molecule has 0 aliphatic rings. The van der Waals surface area contributed by atoms with E-state index in [9.17, 15) is 4.79 Å². The molecule has 1 heterocycles. The maximum atomic E-state index is 12.7. The van der Waals surface area contributed by atoms with E-state index >= 15 is 0 Å². The van der Waals surface area contributed by atoms with Crippen LogP contribution in [-0.2, 0) is 6.42 Å². The number of hydrogen-bond donors (Lipinski definition) is 0. The maximum Gasteiger partial charge on any atom is 0.167 e. The van der Waals surface area contributed by atoms with Crippen LogP contribution in [0.4, 0.5) is 0 Å². The van der Waals surface area contributed by atoms with Gasteiger partial charge in [-0.15, -0.1) is 5.10 Å². The van der Waals surface area contributed by atoms with Gasteiger partial charge in [0.2, 0.25) is 0 Å². The van der Waals surface area contributed by atoms with Crippen molar-refractivity contribution in [3.8, 4) is 16.9 Å². The summed E-state index contributed by atoms with van der Waals surface area (Å²) in [6, 6.07) is 23.4. The van der Waals surface area contributed by atoms with Gasteiger partial charge in [0.1, 0.15) is 5.69 Å². The summed E-state index contributed by atoms with van der Waals surface area (Å²) in [5.74, 6) is 0.0691. The van der Waals surface area contributed by atoms with Gasteiger partial charge in [-0.05, 0) is 36.8 Å². The molecule has 0 fully saturated rings. The summed E-state index contributed by atoms with van der Waals surface area (Å²) in [4.78, 5) is 12.7. The highest BCUT2D eigenvalue weighted by molar-refractivity contribution is 9.10. The molecule has 5 heteroatoms. The van der Waals surface area contributed by atoms with Crippen LogP contribution in [0.25, 0.3) is 16.9 Å². The lowest BCUT2D eigenvalue weighted by atomic mass is 9.97. The molecule has 0 amide bonds. The summed E-state index contributed by atoms with van der Waals surface area (Å²) in [5.41, 5.74) is 5.44. The van der Waals surface area contributed by atoms with Crippen LogP contribution in [-0.4, -0.2) is 20.8 Å². The van der Waals surface area contributed by atoms with Crippen LogP contribution in [0.5, 0.6) is 0 Å². The zero-order valence-electron chi connectivity index (χ0n) is 15.3. The van der Waals surface area contributed by atoms with Crippen molar-refractivity contribution in [2.45, 2.75) is 13.3 Å². The van der Waals surface area contributed by atoms with Crippen LogP contribution in [0.3, 0.4) is 0 Å². The van der Waals surface area contributed by atoms with Gasteiger partial charge in [0.05, 0.1) is 11.9 Å². The Morgan fingerprint density at radius 1 is 1.00 bits per heavy atom. The van der Waals surface area contributed by atoms with Crippen LogP contribution in [0.2, 0.25) is 0 Å². The van der Waals surface area contributed by atoms with Crippen molar-refractivity contribution in [2.75, 3.05) is 0 Å². The Morgan fingerprint density at radius 2 is 1.79 bits per heavy atom. The number of halogens is 1. The first-order valence-electron chi connectivity index (χ1n) is 8.96. The topological polar surface area (TPSA) is 47.8 Å². The van der Waals surface area contributed by atoms with Gasteiger partial charge in [0.15, 0.2) is 5.78 Å². The normalized spacial score (nSPS) is 10.8. The van der Waals surface area contributed by atoms with E-state index in [1.807, 2.05) is 79.0 Å². The molecule has 0 N–H and O–H groups in total. The molecule has 0 saturated carbocycles. The number of rotatable bonds is 5. The van der Waals surface area contributed by atoms with Gasteiger partial charge in [-0.1, -0.05) is 75.2 Å². The van der Waals surface area contributed by atoms with Crippen molar-refractivity contribution in [2.24, 2.45) is 0 Å². The quantitative estimate of drug-likeness (QED) is 0.395. The molecule has 4 nitrogen and oxygen atoms in total. The zero-order valence-corrected chi connectivity index (χ0v) is 16.9. The van der Waals surface area contributed by atoms with E-state index in [-0.39, 0.29) is 5.78 Å². The third-order valence-electron chi connectivity index (χ3n) is 4.58. The lowest BCUT2D eigenvalue weighted by Gasteiger charge is -2.07. The smallest absolute Gasteiger partial charge is 0.167 e. The molecule has 1 aromatic heterocycles. The van der Waals surface area contributed by atoms with Gasteiger partial charge < -0.3 is 0 Å². The number of ketones is 1. The number of aromatic nitrogens is 3. The van der Waals surface area contributed by atoms with E-state index in [1.165, 1.54) is 5.56 Å². The Labute approximate surface area is 172 Å². The Hall–Kier alpha value is -3.05. The van der Waals surface area contributed by atoms with Crippen molar-refractivity contribution in [1.82, 2.24) is 15.0 Å². The second-order valence-electron chi connectivity index (χ2n) is 6.65. The van der Waals surface area contributed by atoms with Crippen molar-refractivity contribution < 1.29 is 4.79 Å². The molecular weight excluding hydrogens is 414 g/mol. The number of hydrogen-bond acceptors (Lipinski definition) is 3. The Balaban J connectivity index is 1.63. The first-order valence-corrected chi connectivity index (χ1v) is 9.76. The minimum Gasteiger partial charge on any atom is -0.294 e. The first-order chi connectivity index (χ1) is 13.6. The van der Waals surface area contributed by atoms with E-state index in [0.29, 0.717) is 12.0 Å². The number of nitrogens with zero attached hydrogens (tertiary/aromatic N) is 3. The van der Waals surface area contributed by atoms with Crippen molar-refractivity contribution in [3.63, 3.8) is 0 Å². The lowest BCUT2D eigenvalue weighted by Crippen LogP contribution is -2.04. The third-order valence-corrected chi connectivity index (χ3v) is 5.08. The van der Waals surface area contributed by atoms with Gasteiger partial charge in [0, 0.05) is 22.0 Å². The molecule has 0 saturated heterocycles. The van der Waals surface area contributed by atoms with E-state index in [2.05, 4.69) is 33.2 Å². The Morgan fingerprint density at radius 3 is 2.57 bits per heavy atom. The molecule has 138 valence electrons. The molecule has 28 heavy (non-hydrogen) atoms. The van der Waals surface area contributed by atoms with Gasteiger partial charge >= 0.3 is 0 Å². The Kier molecular flexibility index (Phi) is 5.17. The molecule has 3 aromatic carbocycles. The number of aryl methyl sites for hydroxylation is 1. The standard InChI is InChI=1S/C23H18BrN3O/c1-16-9-11-20(12-10-16)27-15-22(25-26-27)21-8-3-2-5-17(21)14-23(28)18-6-4-7-19(24)13-18/h2-13,15H,14H2,1H3. The fraction of sp³-hybridized carbons (Fsp3) is 0.0870. The van der Waals surface area contributed by atoms with E-state index in [1.54, 1.807) is 4.68 Å². The molecule has 0 unspecified atom stereocenters. The molecule has 0 radical (unpaired) electrons. The number of Topliss-reactive ketones (excluding diaryl/α,β-unsaturated/α-hetero) is 1. The van der Waals surface area contributed by atoms with Crippen LogP contribution in [0, 0.1) is 6.92 Å². The highest BCUT2D eigenvalue weighted by Gasteiger charge is 2.14. The van der Waals surface area contributed by atoms with Gasteiger partial charge in [0.25, 0.3) is 0 Å². The predicted molar refractivity (Wildman–Crippen MR) is 114 cm³/mol. The maximum absolute atomic E-state index is 12.7. The first kappa shape index (κ1) is 18.3.